The van der Waals surface area contributed by atoms with Gasteiger partial charge in [0, 0.05) is 29.2 Å². The van der Waals surface area contributed by atoms with E-state index in [9.17, 15) is 9.59 Å². The van der Waals surface area contributed by atoms with Crippen molar-refractivity contribution in [3.63, 3.8) is 0 Å². The van der Waals surface area contributed by atoms with Gasteiger partial charge in [-0.15, -0.1) is 0 Å². The summed E-state index contributed by atoms with van der Waals surface area (Å²) in [6, 6.07) is 10.6. The summed E-state index contributed by atoms with van der Waals surface area (Å²) >= 11 is 6.17. The van der Waals surface area contributed by atoms with E-state index in [0.29, 0.717) is 23.7 Å². The van der Waals surface area contributed by atoms with Crippen molar-refractivity contribution in [3.05, 3.63) is 63.5 Å². The number of carbonyl (C=O) groups is 1. The van der Waals surface area contributed by atoms with E-state index in [1.165, 1.54) is 6.07 Å². The Balaban J connectivity index is 1.74. The van der Waals surface area contributed by atoms with Crippen LogP contribution in [-0.4, -0.2) is 16.5 Å². The summed E-state index contributed by atoms with van der Waals surface area (Å²) in [5.41, 5.74) is 7.28. The van der Waals surface area contributed by atoms with E-state index in [0.717, 1.165) is 24.8 Å². The van der Waals surface area contributed by atoms with Crippen LogP contribution in [0.15, 0.2) is 47.4 Å². The molecular weight excluding hydrogens is 338 g/mol. The molecule has 1 fully saturated rings. The van der Waals surface area contributed by atoms with Gasteiger partial charge in [0.1, 0.15) is 0 Å². The Morgan fingerprint density at radius 3 is 2.80 bits per heavy atom. The number of benzene rings is 1. The van der Waals surface area contributed by atoms with Crippen LogP contribution < -0.4 is 16.6 Å². The third-order valence-electron chi connectivity index (χ3n) is 4.64. The Hall–Kier alpha value is -2.11. The van der Waals surface area contributed by atoms with Gasteiger partial charge in [-0.1, -0.05) is 36.2 Å². The van der Waals surface area contributed by atoms with Crippen molar-refractivity contribution in [3.8, 4) is 0 Å². The molecule has 2 atom stereocenters. The Morgan fingerprint density at radius 1 is 1.24 bits per heavy atom. The highest BCUT2D eigenvalue weighted by atomic mass is 35.5. The molecule has 1 aromatic heterocycles. The Labute approximate surface area is 151 Å². The lowest BCUT2D eigenvalue weighted by molar-refractivity contribution is -0.120. The lowest BCUT2D eigenvalue weighted by Gasteiger charge is -2.25. The summed E-state index contributed by atoms with van der Waals surface area (Å²) in [5.74, 6) is -0.0919. The number of halogens is 1. The minimum atomic E-state index is -0.141. The average Bonchev–Trinajstić information content (AvgIpc) is 2.60. The predicted molar refractivity (Wildman–Crippen MR) is 99.8 cm³/mol. The second kappa shape index (κ2) is 7.85. The van der Waals surface area contributed by atoms with Crippen molar-refractivity contribution in [2.24, 2.45) is 11.7 Å². The van der Waals surface area contributed by atoms with Crippen molar-refractivity contribution < 1.29 is 4.79 Å². The molecule has 0 aliphatic heterocycles. The van der Waals surface area contributed by atoms with Gasteiger partial charge in [0.05, 0.1) is 12.2 Å². The van der Waals surface area contributed by atoms with Crippen molar-refractivity contribution in [1.29, 1.82) is 0 Å². The van der Waals surface area contributed by atoms with Crippen LogP contribution in [0.1, 0.15) is 31.2 Å². The maximum atomic E-state index is 12.4. The smallest absolute Gasteiger partial charge is 0.250 e. The number of amides is 1. The molecule has 5 nitrogen and oxygen atoms in total. The highest BCUT2D eigenvalue weighted by Crippen LogP contribution is 2.24. The molecular formula is C19H22ClN3O2. The molecule has 0 spiro atoms. The first-order valence-electron chi connectivity index (χ1n) is 8.53. The Bertz CT molecular complexity index is 818. The van der Waals surface area contributed by atoms with Crippen molar-refractivity contribution in [2.45, 2.75) is 38.3 Å². The van der Waals surface area contributed by atoms with E-state index in [2.05, 4.69) is 5.32 Å². The first-order chi connectivity index (χ1) is 12.0. The minimum Gasteiger partial charge on any atom is -0.328 e. The fraction of sp³-hybridized carbons (Fsp3) is 0.368. The monoisotopic (exact) mass is 359 g/mol. The summed E-state index contributed by atoms with van der Waals surface area (Å²) in [5, 5.41) is 3.52. The van der Waals surface area contributed by atoms with Crippen molar-refractivity contribution in [1.82, 2.24) is 4.57 Å². The molecule has 2 unspecified atom stereocenters. The highest BCUT2D eigenvalue weighted by molar-refractivity contribution is 6.31. The molecule has 0 saturated heterocycles. The van der Waals surface area contributed by atoms with E-state index in [4.69, 9.17) is 17.3 Å². The van der Waals surface area contributed by atoms with Gasteiger partial charge in [0.25, 0.3) is 5.56 Å². The first-order valence-corrected chi connectivity index (χ1v) is 8.91. The minimum absolute atomic E-state index is 0.0295. The molecule has 0 bridgehead atoms. The summed E-state index contributed by atoms with van der Waals surface area (Å²) in [7, 11) is 0. The molecule has 132 valence electrons. The zero-order chi connectivity index (χ0) is 17.8. The predicted octanol–water partition coefficient (Wildman–Crippen LogP) is 3.01. The average molecular weight is 360 g/mol. The highest BCUT2D eigenvalue weighted by Gasteiger charge is 2.25. The second-order valence-electron chi connectivity index (χ2n) is 6.59. The van der Waals surface area contributed by atoms with E-state index >= 15 is 0 Å². The first kappa shape index (κ1) is 17.7. The van der Waals surface area contributed by atoms with Gasteiger partial charge in [-0.2, -0.15) is 0 Å². The molecule has 1 amide bonds. The number of nitrogens with one attached hydrogen (secondary N) is 1. The van der Waals surface area contributed by atoms with Crippen molar-refractivity contribution in [2.75, 3.05) is 5.32 Å². The zero-order valence-electron chi connectivity index (χ0n) is 14.0. The molecule has 1 heterocycles. The molecule has 1 saturated carbocycles. The normalized spacial score (nSPS) is 20.2. The summed E-state index contributed by atoms with van der Waals surface area (Å²) in [6.45, 7) is 0.358. The molecule has 6 heteroatoms. The van der Waals surface area contributed by atoms with Crippen LogP contribution in [0.4, 0.5) is 5.69 Å². The number of hydrogen-bond acceptors (Lipinski definition) is 3. The standard InChI is InChI=1S/C19H22ClN3O2/c20-17-7-2-1-4-14(17)11-23-12-16(8-9-18(23)24)22-19(25)13-5-3-6-15(21)10-13/h1-2,4,7-9,12-13,15H,3,5-6,10-11,21H2,(H,22,25). The fourth-order valence-corrected chi connectivity index (χ4v) is 3.44. The van der Waals surface area contributed by atoms with E-state index in [1.807, 2.05) is 18.2 Å². The van der Waals surface area contributed by atoms with Crippen LogP contribution in [-0.2, 0) is 11.3 Å². The van der Waals surface area contributed by atoms with Crippen LogP contribution in [0.3, 0.4) is 0 Å². The van der Waals surface area contributed by atoms with Gasteiger partial charge in [-0.05, 0) is 37.0 Å². The summed E-state index contributed by atoms with van der Waals surface area (Å²) in [4.78, 5) is 24.6. The number of rotatable bonds is 4. The number of pyridine rings is 1. The van der Waals surface area contributed by atoms with E-state index < -0.39 is 0 Å². The summed E-state index contributed by atoms with van der Waals surface area (Å²) < 4.78 is 1.55. The van der Waals surface area contributed by atoms with Crippen LogP contribution in [0.2, 0.25) is 5.02 Å². The number of carbonyl (C=O) groups excluding carboxylic acids is 1. The number of aromatic nitrogens is 1. The molecule has 0 radical (unpaired) electrons. The Morgan fingerprint density at radius 2 is 2.04 bits per heavy atom. The van der Waals surface area contributed by atoms with Crippen LogP contribution >= 0.6 is 11.6 Å². The molecule has 3 N–H and O–H groups in total. The molecule has 1 aliphatic carbocycles. The van der Waals surface area contributed by atoms with Gasteiger partial charge >= 0.3 is 0 Å². The van der Waals surface area contributed by atoms with Crippen LogP contribution in [0, 0.1) is 5.92 Å². The van der Waals surface area contributed by atoms with Gasteiger partial charge in [-0.3, -0.25) is 9.59 Å². The van der Waals surface area contributed by atoms with Crippen LogP contribution in [0.25, 0.3) is 0 Å². The molecule has 1 aliphatic rings. The number of nitrogens with two attached hydrogens (primary N) is 1. The van der Waals surface area contributed by atoms with Gasteiger partial charge in [0.15, 0.2) is 0 Å². The van der Waals surface area contributed by atoms with Crippen LogP contribution in [0.5, 0.6) is 0 Å². The Kier molecular flexibility index (Phi) is 5.56. The maximum absolute atomic E-state index is 12.4. The molecule has 1 aromatic carbocycles. The van der Waals surface area contributed by atoms with E-state index in [1.54, 1.807) is 22.9 Å². The number of nitrogens with zero attached hydrogens (tertiary/aromatic N) is 1. The van der Waals surface area contributed by atoms with E-state index in [-0.39, 0.29) is 23.4 Å². The fourth-order valence-electron chi connectivity index (χ4n) is 3.25. The third kappa shape index (κ3) is 4.50. The quantitative estimate of drug-likeness (QED) is 0.880. The number of hydrogen-bond donors (Lipinski definition) is 2. The SMILES string of the molecule is NC1CCCC(C(=O)Nc2ccc(=O)n(Cc3ccccc3Cl)c2)C1. The lowest BCUT2D eigenvalue weighted by atomic mass is 9.85. The second-order valence-corrected chi connectivity index (χ2v) is 7.00. The molecule has 3 rings (SSSR count). The van der Waals surface area contributed by atoms with Gasteiger partial charge in [-0.25, -0.2) is 0 Å². The largest absolute Gasteiger partial charge is 0.328 e. The van der Waals surface area contributed by atoms with Crippen molar-refractivity contribution >= 4 is 23.2 Å². The zero-order valence-corrected chi connectivity index (χ0v) is 14.7. The number of anilines is 1. The molecule has 2 aromatic rings. The topological polar surface area (TPSA) is 77.1 Å². The maximum Gasteiger partial charge on any atom is 0.250 e. The lowest BCUT2D eigenvalue weighted by Crippen LogP contribution is -2.34. The summed E-state index contributed by atoms with van der Waals surface area (Å²) in [6.07, 6.45) is 5.19. The third-order valence-corrected chi connectivity index (χ3v) is 5.00. The van der Waals surface area contributed by atoms with Gasteiger partial charge in [0.2, 0.25) is 5.91 Å². The van der Waals surface area contributed by atoms with Gasteiger partial charge < -0.3 is 15.6 Å². The molecule has 25 heavy (non-hydrogen) atoms.